The van der Waals surface area contributed by atoms with E-state index in [0.29, 0.717) is 11.4 Å². The van der Waals surface area contributed by atoms with Crippen molar-refractivity contribution in [3.8, 4) is 5.82 Å². The highest BCUT2D eigenvalue weighted by molar-refractivity contribution is 6.04. The summed E-state index contributed by atoms with van der Waals surface area (Å²) in [6.45, 7) is 0.0532. The van der Waals surface area contributed by atoms with E-state index in [4.69, 9.17) is 4.74 Å². The predicted molar refractivity (Wildman–Crippen MR) is 79.7 cm³/mol. The first kappa shape index (κ1) is 14.6. The first-order valence-corrected chi connectivity index (χ1v) is 7.19. The van der Waals surface area contributed by atoms with Crippen LogP contribution in [0.2, 0.25) is 0 Å². The van der Waals surface area contributed by atoms with Gasteiger partial charge in [-0.25, -0.2) is 18.7 Å². The van der Waals surface area contributed by atoms with Crippen LogP contribution in [0.4, 0.5) is 8.78 Å². The maximum atomic E-state index is 14.0. The van der Waals surface area contributed by atoms with E-state index in [1.165, 1.54) is 12.3 Å². The summed E-state index contributed by atoms with van der Waals surface area (Å²) in [6, 6.07) is 6.34. The van der Waals surface area contributed by atoms with Crippen LogP contribution in [0.1, 0.15) is 15.9 Å². The molecule has 0 aliphatic carbocycles. The van der Waals surface area contributed by atoms with E-state index < -0.39 is 23.0 Å². The number of hydrogen-bond donors (Lipinski definition) is 0. The summed E-state index contributed by atoms with van der Waals surface area (Å²) in [5.74, 6) is -1.31. The number of carbonyl (C=O) groups is 1. The van der Waals surface area contributed by atoms with E-state index >= 15 is 0 Å². The molecule has 24 heavy (non-hydrogen) atoms. The molecule has 1 fully saturated rings. The van der Waals surface area contributed by atoms with Gasteiger partial charge in [-0.15, -0.1) is 0 Å². The number of carbonyl (C=O) groups excluding carboxylic acids is 1. The molecule has 1 unspecified atom stereocenters. The molecule has 3 aromatic rings. The third-order valence-electron chi connectivity index (χ3n) is 3.95. The van der Waals surface area contributed by atoms with E-state index in [2.05, 4.69) is 9.97 Å². The van der Waals surface area contributed by atoms with Crippen molar-refractivity contribution in [2.45, 2.75) is 5.60 Å². The molecule has 1 saturated heterocycles. The molecule has 1 aliphatic rings. The van der Waals surface area contributed by atoms with Gasteiger partial charge in [-0.2, -0.15) is 0 Å². The first-order chi connectivity index (χ1) is 11.6. The minimum absolute atomic E-state index is 0.0348. The van der Waals surface area contributed by atoms with Crippen LogP contribution in [0.3, 0.4) is 0 Å². The number of imidazole rings is 1. The van der Waals surface area contributed by atoms with Crippen molar-refractivity contribution in [2.75, 3.05) is 6.61 Å². The van der Waals surface area contributed by atoms with Gasteiger partial charge in [0, 0.05) is 35.8 Å². The highest BCUT2D eigenvalue weighted by Crippen LogP contribution is 2.43. The summed E-state index contributed by atoms with van der Waals surface area (Å²) in [6.07, 6.45) is 6.33. The molecule has 0 bridgehead atoms. The molecule has 4 rings (SSSR count). The third kappa shape index (κ3) is 2.30. The Labute approximate surface area is 135 Å². The molecule has 2 aromatic heterocycles. The van der Waals surface area contributed by atoms with Gasteiger partial charge < -0.3 is 4.74 Å². The molecule has 1 aromatic carbocycles. The summed E-state index contributed by atoms with van der Waals surface area (Å²) in [7, 11) is 0. The fourth-order valence-electron chi connectivity index (χ4n) is 2.60. The predicted octanol–water partition coefficient (Wildman–Crippen LogP) is 2.65. The maximum Gasteiger partial charge on any atom is 0.203 e. The van der Waals surface area contributed by atoms with E-state index in [0.717, 1.165) is 12.1 Å². The average Bonchev–Trinajstić information content (AvgIpc) is 3.19. The second-order valence-electron chi connectivity index (χ2n) is 5.44. The lowest BCUT2D eigenvalue weighted by Crippen LogP contribution is -2.24. The maximum absolute atomic E-state index is 14.0. The topological polar surface area (TPSA) is 60.3 Å². The number of pyridine rings is 1. The Morgan fingerprint density at radius 2 is 2.08 bits per heavy atom. The molecule has 7 heteroatoms. The Hall–Kier alpha value is -2.93. The Morgan fingerprint density at radius 1 is 1.25 bits per heavy atom. The van der Waals surface area contributed by atoms with Crippen LogP contribution in [-0.2, 0) is 10.3 Å². The minimum Gasteiger partial charge on any atom is -0.356 e. The van der Waals surface area contributed by atoms with Crippen molar-refractivity contribution in [2.24, 2.45) is 0 Å². The van der Waals surface area contributed by atoms with E-state index in [9.17, 15) is 13.6 Å². The molecule has 120 valence electrons. The molecule has 5 nitrogen and oxygen atoms in total. The zero-order valence-electron chi connectivity index (χ0n) is 12.3. The minimum atomic E-state index is -1.39. The summed E-state index contributed by atoms with van der Waals surface area (Å²) in [5.41, 5.74) is -1.07. The van der Waals surface area contributed by atoms with Crippen LogP contribution in [0.25, 0.3) is 5.82 Å². The second-order valence-corrected chi connectivity index (χ2v) is 5.44. The molecule has 0 N–H and O–H groups in total. The lowest BCUT2D eigenvalue weighted by molar-refractivity contribution is 0.0866. The molecule has 1 atom stereocenters. The van der Waals surface area contributed by atoms with E-state index in [1.807, 2.05) is 0 Å². The van der Waals surface area contributed by atoms with Gasteiger partial charge in [0.2, 0.25) is 5.78 Å². The van der Waals surface area contributed by atoms with E-state index in [1.54, 1.807) is 35.4 Å². The lowest BCUT2D eigenvalue weighted by Gasteiger charge is -2.12. The number of benzene rings is 1. The zero-order valence-corrected chi connectivity index (χ0v) is 12.3. The van der Waals surface area contributed by atoms with Crippen molar-refractivity contribution < 1.29 is 18.3 Å². The smallest absolute Gasteiger partial charge is 0.203 e. The zero-order chi connectivity index (χ0) is 16.7. The van der Waals surface area contributed by atoms with Gasteiger partial charge in [-0.3, -0.25) is 9.36 Å². The molecule has 1 aliphatic heterocycles. The fraction of sp³-hybridized carbons (Fsp3) is 0.118. The van der Waals surface area contributed by atoms with Gasteiger partial charge in [0.1, 0.15) is 23.8 Å². The number of ketones is 1. The fourth-order valence-corrected chi connectivity index (χ4v) is 2.60. The number of nitrogens with zero attached hydrogens (tertiary/aromatic N) is 3. The number of ether oxygens (including phenoxy) is 1. The highest BCUT2D eigenvalue weighted by atomic mass is 19.1. The summed E-state index contributed by atoms with van der Waals surface area (Å²) in [4.78, 5) is 20.9. The summed E-state index contributed by atoms with van der Waals surface area (Å²) < 4.78 is 34.0. The first-order valence-electron chi connectivity index (χ1n) is 7.19. The van der Waals surface area contributed by atoms with Gasteiger partial charge in [0.15, 0.2) is 5.60 Å². The Balaban J connectivity index is 1.66. The van der Waals surface area contributed by atoms with Crippen LogP contribution in [-0.4, -0.2) is 26.9 Å². The standard InChI is InChI=1S/C17H11F2N3O2/c18-12-2-3-13(14(19)7-12)17(9-24-17)16(23)11-1-4-15(21-8-11)22-6-5-20-10-22/h1-8,10H,9H2. The van der Waals surface area contributed by atoms with Gasteiger partial charge in [0.05, 0.1) is 6.61 Å². The van der Waals surface area contributed by atoms with E-state index in [-0.39, 0.29) is 12.2 Å². The number of aromatic nitrogens is 3. The summed E-state index contributed by atoms with van der Waals surface area (Å²) >= 11 is 0. The van der Waals surface area contributed by atoms with Gasteiger partial charge in [-0.1, -0.05) is 0 Å². The number of hydrogen-bond acceptors (Lipinski definition) is 4. The molecule has 3 heterocycles. The largest absolute Gasteiger partial charge is 0.356 e. The molecular weight excluding hydrogens is 316 g/mol. The molecule has 0 radical (unpaired) electrons. The van der Waals surface area contributed by atoms with Crippen LogP contribution in [0.5, 0.6) is 0 Å². The lowest BCUT2D eigenvalue weighted by atomic mass is 9.91. The normalized spacial score (nSPS) is 19.2. The number of halogens is 2. The average molecular weight is 327 g/mol. The van der Waals surface area contributed by atoms with Crippen LogP contribution < -0.4 is 0 Å². The molecule has 0 spiro atoms. The Morgan fingerprint density at radius 3 is 2.67 bits per heavy atom. The second kappa shape index (κ2) is 5.31. The quantitative estimate of drug-likeness (QED) is 0.546. The Kier molecular flexibility index (Phi) is 3.24. The molecular formula is C17H11F2N3O2. The highest BCUT2D eigenvalue weighted by Gasteiger charge is 2.55. The van der Waals surface area contributed by atoms with Crippen molar-refractivity contribution in [1.82, 2.24) is 14.5 Å². The number of Topliss-reactive ketones (excluding diaryl/α,β-unsaturated/α-hetero) is 1. The monoisotopic (exact) mass is 327 g/mol. The third-order valence-corrected chi connectivity index (χ3v) is 3.95. The van der Waals surface area contributed by atoms with Crippen molar-refractivity contribution in [1.29, 1.82) is 0 Å². The SMILES string of the molecule is O=C(c1ccc(-n2ccnc2)nc1)C1(c2ccc(F)cc2F)CO1. The van der Waals surface area contributed by atoms with Gasteiger partial charge in [0.25, 0.3) is 0 Å². The molecule has 0 saturated carbocycles. The number of rotatable bonds is 4. The van der Waals surface area contributed by atoms with Crippen LogP contribution in [0, 0.1) is 11.6 Å². The van der Waals surface area contributed by atoms with Crippen LogP contribution >= 0.6 is 0 Å². The van der Waals surface area contributed by atoms with Crippen molar-refractivity contribution >= 4 is 5.78 Å². The van der Waals surface area contributed by atoms with Crippen LogP contribution in [0.15, 0.2) is 55.2 Å². The molecule has 0 amide bonds. The van der Waals surface area contributed by atoms with Gasteiger partial charge in [-0.05, 0) is 24.3 Å². The van der Waals surface area contributed by atoms with Gasteiger partial charge >= 0.3 is 0 Å². The van der Waals surface area contributed by atoms with Crippen molar-refractivity contribution in [3.05, 3.63) is 78.0 Å². The Bertz CT molecular complexity index is 904. The number of epoxide rings is 1. The summed E-state index contributed by atoms with van der Waals surface area (Å²) in [5, 5.41) is 0. The van der Waals surface area contributed by atoms with Crippen molar-refractivity contribution in [3.63, 3.8) is 0 Å².